The average molecular weight is 279 g/mol. The van der Waals surface area contributed by atoms with Gasteiger partial charge in [-0.3, -0.25) is 0 Å². The second-order valence-corrected chi connectivity index (χ2v) is 6.43. The van der Waals surface area contributed by atoms with Gasteiger partial charge in [0.15, 0.2) is 11.6 Å². The summed E-state index contributed by atoms with van der Waals surface area (Å²) >= 11 is 0. The van der Waals surface area contributed by atoms with Gasteiger partial charge in [0.2, 0.25) is 15.8 Å². The topological polar surface area (TPSA) is 69.4 Å². The largest absolute Gasteiger partial charge is 0.490 e. The normalized spacial score (nSPS) is 12.5. The third-order valence-corrected chi connectivity index (χ3v) is 3.31. The standard InChI is InChI=1S/C11H15F2NO3S/c1-11(2,7-18(14,15)16)6-17-9-5-3-4-8(12)10(9)13/h3-5H,6-7H2,1-2H3,(H2,14,15,16). The number of rotatable bonds is 5. The van der Waals surface area contributed by atoms with Gasteiger partial charge < -0.3 is 4.74 Å². The van der Waals surface area contributed by atoms with Gasteiger partial charge in [-0.15, -0.1) is 0 Å². The molecule has 0 saturated heterocycles. The van der Waals surface area contributed by atoms with Gasteiger partial charge in [-0.2, -0.15) is 4.39 Å². The van der Waals surface area contributed by atoms with Crippen LogP contribution in [0.15, 0.2) is 18.2 Å². The van der Waals surface area contributed by atoms with Crippen LogP contribution in [0, 0.1) is 17.0 Å². The van der Waals surface area contributed by atoms with Gasteiger partial charge >= 0.3 is 0 Å². The number of benzene rings is 1. The molecule has 0 aliphatic rings. The summed E-state index contributed by atoms with van der Waals surface area (Å²) < 4.78 is 53.2. The van der Waals surface area contributed by atoms with Gasteiger partial charge in [0.1, 0.15) is 0 Å². The van der Waals surface area contributed by atoms with Crippen LogP contribution in [0.3, 0.4) is 0 Å². The van der Waals surface area contributed by atoms with E-state index < -0.39 is 27.1 Å². The SMILES string of the molecule is CC(C)(COc1cccc(F)c1F)CS(N)(=O)=O. The fraction of sp³-hybridized carbons (Fsp3) is 0.455. The predicted octanol–water partition coefficient (Wildman–Crippen LogP) is 1.66. The lowest BCUT2D eigenvalue weighted by atomic mass is 9.98. The van der Waals surface area contributed by atoms with Gasteiger partial charge in [-0.1, -0.05) is 19.9 Å². The van der Waals surface area contributed by atoms with E-state index in [0.717, 1.165) is 6.07 Å². The first-order valence-corrected chi connectivity index (χ1v) is 6.90. The summed E-state index contributed by atoms with van der Waals surface area (Å²) in [7, 11) is -3.65. The van der Waals surface area contributed by atoms with E-state index in [1.165, 1.54) is 12.1 Å². The summed E-state index contributed by atoms with van der Waals surface area (Å²) in [5, 5.41) is 4.93. The predicted molar refractivity (Wildman–Crippen MR) is 63.6 cm³/mol. The molecule has 0 radical (unpaired) electrons. The average Bonchev–Trinajstić information content (AvgIpc) is 2.17. The van der Waals surface area contributed by atoms with Crippen molar-refractivity contribution in [2.75, 3.05) is 12.4 Å². The minimum Gasteiger partial charge on any atom is -0.490 e. The van der Waals surface area contributed by atoms with Gasteiger partial charge in [-0.05, 0) is 12.1 Å². The Morgan fingerprint density at radius 1 is 1.33 bits per heavy atom. The summed E-state index contributed by atoms with van der Waals surface area (Å²) in [5.41, 5.74) is -0.799. The van der Waals surface area contributed by atoms with Crippen LogP contribution >= 0.6 is 0 Å². The zero-order chi connectivity index (χ0) is 14.0. The Labute approximate surface area is 105 Å². The van der Waals surface area contributed by atoms with Crippen molar-refractivity contribution in [3.05, 3.63) is 29.8 Å². The lowest BCUT2D eigenvalue weighted by Crippen LogP contribution is -2.33. The Morgan fingerprint density at radius 2 is 1.94 bits per heavy atom. The molecule has 2 N–H and O–H groups in total. The summed E-state index contributed by atoms with van der Waals surface area (Å²) in [6, 6.07) is 3.55. The minimum atomic E-state index is -3.65. The van der Waals surface area contributed by atoms with Crippen LogP contribution in [0.25, 0.3) is 0 Å². The van der Waals surface area contributed by atoms with E-state index in [4.69, 9.17) is 9.88 Å². The first-order chi connectivity index (χ1) is 8.11. The van der Waals surface area contributed by atoms with Crippen molar-refractivity contribution in [2.24, 2.45) is 10.6 Å². The fourth-order valence-corrected chi connectivity index (χ4v) is 2.63. The molecule has 0 spiro atoms. The van der Waals surface area contributed by atoms with E-state index in [1.807, 2.05) is 0 Å². The summed E-state index contributed by atoms with van der Waals surface area (Å²) in [6.07, 6.45) is 0. The molecular formula is C11H15F2NO3S. The van der Waals surface area contributed by atoms with E-state index >= 15 is 0 Å². The van der Waals surface area contributed by atoms with Crippen molar-refractivity contribution < 1.29 is 21.9 Å². The van der Waals surface area contributed by atoms with Crippen LogP contribution in [0.4, 0.5) is 8.78 Å². The number of nitrogens with two attached hydrogens (primary N) is 1. The van der Waals surface area contributed by atoms with E-state index in [0.29, 0.717) is 0 Å². The highest BCUT2D eigenvalue weighted by molar-refractivity contribution is 7.89. The maximum atomic E-state index is 13.3. The van der Waals surface area contributed by atoms with E-state index in [2.05, 4.69) is 0 Å². The van der Waals surface area contributed by atoms with Crippen LogP contribution < -0.4 is 9.88 Å². The van der Waals surface area contributed by atoms with Crippen LogP contribution in [0.1, 0.15) is 13.8 Å². The Hall–Kier alpha value is -1.21. The molecule has 0 bridgehead atoms. The first kappa shape index (κ1) is 14.8. The smallest absolute Gasteiger partial charge is 0.209 e. The molecule has 0 unspecified atom stereocenters. The van der Waals surface area contributed by atoms with E-state index in [1.54, 1.807) is 13.8 Å². The monoisotopic (exact) mass is 279 g/mol. The molecule has 0 fully saturated rings. The lowest BCUT2D eigenvalue weighted by molar-refractivity contribution is 0.191. The third kappa shape index (κ3) is 4.58. The van der Waals surface area contributed by atoms with Gasteiger partial charge in [0, 0.05) is 5.41 Å². The molecule has 1 aromatic rings. The van der Waals surface area contributed by atoms with Crippen molar-refractivity contribution in [3.63, 3.8) is 0 Å². The maximum Gasteiger partial charge on any atom is 0.209 e. The highest BCUT2D eigenvalue weighted by Crippen LogP contribution is 2.23. The zero-order valence-corrected chi connectivity index (χ0v) is 10.9. The maximum absolute atomic E-state index is 13.3. The van der Waals surface area contributed by atoms with Gasteiger partial charge in [0.25, 0.3) is 0 Å². The van der Waals surface area contributed by atoms with Crippen LogP contribution in [-0.4, -0.2) is 20.8 Å². The van der Waals surface area contributed by atoms with E-state index in [-0.39, 0.29) is 18.1 Å². The van der Waals surface area contributed by atoms with Crippen molar-refractivity contribution in [1.82, 2.24) is 0 Å². The second kappa shape index (κ2) is 5.19. The number of primary sulfonamides is 1. The van der Waals surface area contributed by atoms with Crippen molar-refractivity contribution in [1.29, 1.82) is 0 Å². The summed E-state index contributed by atoms with van der Waals surface area (Å²) in [4.78, 5) is 0. The van der Waals surface area contributed by atoms with Crippen LogP contribution in [0.5, 0.6) is 5.75 Å². The van der Waals surface area contributed by atoms with Gasteiger partial charge in [0.05, 0.1) is 12.4 Å². The summed E-state index contributed by atoms with van der Waals surface area (Å²) in [5.74, 6) is -2.67. The molecule has 0 aliphatic heterocycles. The number of halogens is 2. The summed E-state index contributed by atoms with van der Waals surface area (Å²) in [6.45, 7) is 3.12. The van der Waals surface area contributed by atoms with Crippen molar-refractivity contribution in [3.8, 4) is 5.75 Å². The Kier molecular flexibility index (Phi) is 4.28. The number of hydrogen-bond donors (Lipinski definition) is 1. The van der Waals surface area contributed by atoms with Crippen LogP contribution in [-0.2, 0) is 10.0 Å². The third-order valence-electron chi connectivity index (χ3n) is 2.13. The van der Waals surface area contributed by atoms with Crippen molar-refractivity contribution in [2.45, 2.75) is 13.8 Å². The molecule has 18 heavy (non-hydrogen) atoms. The molecule has 0 aromatic heterocycles. The lowest BCUT2D eigenvalue weighted by Gasteiger charge is -2.23. The molecule has 4 nitrogen and oxygen atoms in total. The highest BCUT2D eigenvalue weighted by Gasteiger charge is 2.25. The molecule has 1 aromatic carbocycles. The second-order valence-electron chi connectivity index (χ2n) is 4.81. The Bertz CT molecular complexity index is 529. The highest BCUT2D eigenvalue weighted by atomic mass is 32.2. The fourth-order valence-electron chi connectivity index (χ4n) is 1.45. The first-order valence-electron chi connectivity index (χ1n) is 5.18. The molecule has 0 atom stereocenters. The van der Waals surface area contributed by atoms with E-state index in [9.17, 15) is 17.2 Å². The quantitative estimate of drug-likeness (QED) is 0.891. The van der Waals surface area contributed by atoms with Crippen LogP contribution in [0.2, 0.25) is 0 Å². The molecule has 1 rings (SSSR count). The van der Waals surface area contributed by atoms with Crippen molar-refractivity contribution >= 4 is 10.0 Å². The van der Waals surface area contributed by atoms with Gasteiger partial charge in [-0.25, -0.2) is 17.9 Å². The number of hydrogen-bond acceptors (Lipinski definition) is 3. The molecule has 0 amide bonds. The number of sulfonamides is 1. The Morgan fingerprint density at radius 3 is 2.50 bits per heavy atom. The molecular weight excluding hydrogens is 264 g/mol. The minimum absolute atomic E-state index is 0.0934. The Balaban J connectivity index is 2.73. The number of ether oxygens (including phenoxy) is 1. The zero-order valence-electron chi connectivity index (χ0n) is 10.1. The molecule has 0 heterocycles. The molecule has 7 heteroatoms. The molecule has 0 saturated carbocycles. The molecule has 102 valence electrons. The molecule has 0 aliphatic carbocycles.